The number of benzene rings is 1. The van der Waals surface area contributed by atoms with Crippen LogP contribution >= 0.6 is 24.0 Å². The first-order valence-corrected chi connectivity index (χ1v) is 11.1. The maximum Gasteiger partial charge on any atom is 0.267 e. The normalized spacial score (nSPS) is 15.5. The Morgan fingerprint density at radius 1 is 1.13 bits per heavy atom. The predicted molar refractivity (Wildman–Crippen MR) is 130 cm³/mol. The Labute approximate surface area is 190 Å². The summed E-state index contributed by atoms with van der Waals surface area (Å²) in [6.07, 6.45) is 3.32. The Morgan fingerprint density at radius 3 is 2.52 bits per heavy atom. The Hall–Kier alpha value is -2.97. The van der Waals surface area contributed by atoms with Gasteiger partial charge >= 0.3 is 0 Å². The van der Waals surface area contributed by atoms with E-state index in [1.165, 1.54) is 16.2 Å². The molecule has 0 bridgehead atoms. The largest absolute Gasteiger partial charge is 0.355 e. The molecular weight excluding hydrogens is 428 g/mol. The van der Waals surface area contributed by atoms with Crippen molar-refractivity contribution in [2.75, 3.05) is 11.9 Å². The number of fused-ring (bicyclic) bond motifs is 1. The molecule has 8 heteroatoms. The van der Waals surface area contributed by atoms with Gasteiger partial charge in [0.25, 0.3) is 11.5 Å². The second-order valence-electron chi connectivity index (χ2n) is 7.57. The SMILES string of the molecule is CC(C)N1C(=O)C(=Cc2c(N(C)Cc3ccccc3)nc3ccccn3c2=O)SC1=S. The van der Waals surface area contributed by atoms with Crippen LogP contribution in [0.25, 0.3) is 11.7 Å². The standard InChI is InChI=1S/C23H22N4O2S2/c1-15(2)27-22(29)18(31-23(27)30)13-17-20(25(3)14-16-9-5-4-6-10-16)24-19-11-7-8-12-26(19)21(17)28/h4-13,15H,14H2,1-3H3. The van der Waals surface area contributed by atoms with Gasteiger partial charge in [0.2, 0.25) is 0 Å². The van der Waals surface area contributed by atoms with Gasteiger partial charge in [0, 0.05) is 25.8 Å². The molecule has 1 fully saturated rings. The van der Waals surface area contributed by atoms with Gasteiger partial charge in [0.1, 0.15) is 15.8 Å². The van der Waals surface area contributed by atoms with Crippen LogP contribution in [-0.4, -0.2) is 37.6 Å². The molecule has 1 aromatic carbocycles. The van der Waals surface area contributed by atoms with E-state index in [0.717, 1.165) is 5.56 Å². The molecule has 0 unspecified atom stereocenters. The summed E-state index contributed by atoms with van der Waals surface area (Å²) in [6, 6.07) is 15.3. The summed E-state index contributed by atoms with van der Waals surface area (Å²) in [5, 5.41) is 0. The first-order valence-electron chi connectivity index (χ1n) is 9.90. The molecule has 0 atom stereocenters. The minimum Gasteiger partial charge on any atom is -0.355 e. The van der Waals surface area contributed by atoms with Gasteiger partial charge in [-0.05, 0) is 37.6 Å². The highest BCUT2D eigenvalue weighted by molar-refractivity contribution is 8.26. The number of carbonyl (C=O) groups is 1. The van der Waals surface area contributed by atoms with Gasteiger partial charge in [-0.1, -0.05) is 60.4 Å². The number of thiocarbonyl (C=S) groups is 1. The topological polar surface area (TPSA) is 57.9 Å². The number of amides is 1. The molecule has 1 aliphatic heterocycles. The van der Waals surface area contributed by atoms with Crippen LogP contribution in [0.1, 0.15) is 25.0 Å². The van der Waals surface area contributed by atoms with Crippen LogP contribution in [0, 0.1) is 0 Å². The van der Waals surface area contributed by atoms with E-state index in [1.54, 1.807) is 29.3 Å². The molecule has 4 rings (SSSR count). The summed E-state index contributed by atoms with van der Waals surface area (Å²) in [6.45, 7) is 4.41. The van der Waals surface area contributed by atoms with E-state index in [1.807, 2.05) is 62.2 Å². The van der Waals surface area contributed by atoms with E-state index >= 15 is 0 Å². The lowest BCUT2D eigenvalue weighted by Gasteiger charge is -2.21. The Balaban J connectivity index is 1.84. The molecule has 3 heterocycles. The number of hydrogen-bond donors (Lipinski definition) is 0. The fourth-order valence-electron chi connectivity index (χ4n) is 3.50. The van der Waals surface area contributed by atoms with E-state index in [9.17, 15) is 9.59 Å². The average molecular weight is 451 g/mol. The van der Waals surface area contributed by atoms with E-state index in [0.29, 0.717) is 32.8 Å². The van der Waals surface area contributed by atoms with Crippen LogP contribution < -0.4 is 10.5 Å². The van der Waals surface area contributed by atoms with Gasteiger partial charge in [0.05, 0.1) is 10.5 Å². The van der Waals surface area contributed by atoms with Crippen LogP contribution in [0.15, 0.2) is 64.4 Å². The smallest absolute Gasteiger partial charge is 0.267 e. The number of hydrogen-bond acceptors (Lipinski definition) is 6. The lowest BCUT2D eigenvalue weighted by molar-refractivity contribution is -0.123. The quantitative estimate of drug-likeness (QED) is 0.434. The van der Waals surface area contributed by atoms with Gasteiger partial charge in [-0.25, -0.2) is 4.98 Å². The molecule has 158 valence electrons. The number of carbonyl (C=O) groups excluding carboxylic acids is 1. The molecule has 3 aromatic rings. The highest BCUT2D eigenvalue weighted by Gasteiger charge is 2.34. The van der Waals surface area contributed by atoms with E-state index in [2.05, 4.69) is 0 Å². The van der Waals surface area contributed by atoms with Crippen molar-refractivity contribution in [2.45, 2.75) is 26.4 Å². The minimum atomic E-state index is -0.227. The van der Waals surface area contributed by atoms with Gasteiger partial charge in [-0.15, -0.1) is 0 Å². The van der Waals surface area contributed by atoms with Crippen molar-refractivity contribution in [1.82, 2.24) is 14.3 Å². The van der Waals surface area contributed by atoms with Gasteiger partial charge in [-0.2, -0.15) is 0 Å². The zero-order valence-corrected chi connectivity index (χ0v) is 19.1. The molecule has 2 aromatic heterocycles. The predicted octanol–water partition coefficient (Wildman–Crippen LogP) is 3.94. The lowest BCUT2D eigenvalue weighted by Crippen LogP contribution is -2.34. The second-order valence-corrected chi connectivity index (χ2v) is 9.25. The maximum atomic E-state index is 13.4. The van der Waals surface area contributed by atoms with Crippen LogP contribution in [0.3, 0.4) is 0 Å². The molecule has 1 aliphatic rings. The third kappa shape index (κ3) is 4.13. The molecule has 6 nitrogen and oxygen atoms in total. The molecule has 0 aliphatic carbocycles. The number of nitrogens with zero attached hydrogens (tertiary/aromatic N) is 4. The molecule has 1 amide bonds. The van der Waals surface area contributed by atoms with Crippen molar-refractivity contribution < 1.29 is 4.79 Å². The summed E-state index contributed by atoms with van der Waals surface area (Å²) in [4.78, 5) is 35.0. The number of aromatic nitrogens is 2. The zero-order chi connectivity index (χ0) is 22.1. The van der Waals surface area contributed by atoms with Crippen molar-refractivity contribution in [3.63, 3.8) is 0 Å². The van der Waals surface area contributed by atoms with Crippen LogP contribution in [0.2, 0.25) is 0 Å². The van der Waals surface area contributed by atoms with Gasteiger partial charge in [0.15, 0.2) is 0 Å². The summed E-state index contributed by atoms with van der Waals surface area (Å²) in [5.41, 5.74) is 1.79. The molecule has 0 N–H and O–H groups in total. The van der Waals surface area contributed by atoms with Crippen molar-refractivity contribution >= 4 is 51.7 Å². The van der Waals surface area contributed by atoms with E-state index in [4.69, 9.17) is 17.2 Å². The molecule has 0 radical (unpaired) electrons. The van der Waals surface area contributed by atoms with Crippen LogP contribution in [0.5, 0.6) is 0 Å². The number of pyridine rings is 1. The summed E-state index contributed by atoms with van der Waals surface area (Å²) >= 11 is 6.60. The summed E-state index contributed by atoms with van der Waals surface area (Å²) in [7, 11) is 1.89. The Morgan fingerprint density at radius 2 is 1.84 bits per heavy atom. The van der Waals surface area contributed by atoms with E-state index in [-0.39, 0.29) is 17.5 Å². The summed E-state index contributed by atoms with van der Waals surface area (Å²) < 4.78 is 1.99. The first-order chi connectivity index (χ1) is 14.9. The first kappa shape index (κ1) is 21.3. The Kier molecular flexibility index (Phi) is 5.93. The molecule has 0 saturated carbocycles. The fraction of sp³-hybridized carbons (Fsp3) is 0.217. The van der Waals surface area contributed by atoms with Crippen molar-refractivity contribution in [2.24, 2.45) is 0 Å². The molecular formula is C23H22N4O2S2. The average Bonchev–Trinajstić information content (AvgIpc) is 3.03. The van der Waals surface area contributed by atoms with Crippen molar-refractivity contribution in [1.29, 1.82) is 0 Å². The summed E-state index contributed by atoms with van der Waals surface area (Å²) in [5.74, 6) is 0.342. The number of thioether (sulfide) groups is 1. The van der Waals surface area contributed by atoms with Crippen LogP contribution in [0.4, 0.5) is 5.82 Å². The lowest BCUT2D eigenvalue weighted by atomic mass is 10.2. The highest BCUT2D eigenvalue weighted by Crippen LogP contribution is 2.34. The zero-order valence-electron chi connectivity index (χ0n) is 17.5. The Bertz CT molecular complexity index is 1250. The second kappa shape index (κ2) is 8.64. The highest BCUT2D eigenvalue weighted by atomic mass is 32.2. The van der Waals surface area contributed by atoms with Crippen molar-refractivity contribution in [3.8, 4) is 0 Å². The third-order valence-electron chi connectivity index (χ3n) is 4.99. The number of anilines is 1. The maximum absolute atomic E-state index is 13.4. The van der Waals surface area contributed by atoms with E-state index < -0.39 is 0 Å². The minimum absolute atomic E-state index is 0.0468. The van der Waals surface area contributed by atoms with Crippen LogP contribution in [-0.2, 0) is 11.3 Å². The fourth-order valence-corrected chi connectivity index (χ4v) is 5.00. The number of rotatable bonds is 5. The van der Waals surface area contributed by atoms with Crippen molar-refractivity contribution in [3.05, 3.63) is 81.1 Å². The monoisotopic (exact) mass is 450 g/mol. The third-order valence-corrected chi connectivity index (χ3v) is 6.32. The van der Waals surface area contributed by atoms with Gasteiger partial charge < -0.3 is 4.90 Å². The molecule has 31 heavy (non-hydrogen) atoms. The molecule has 1 saturated heterocycles. The molecule has 0 spiro atoms. The van der Waals surface area contributed by atoms with Gasteiger partial charge in [-0.3, -0.25) is 18.9 Å².